The average molecular weight is 443 g/mol. The lowest BCUT2D eigenvalue weighted by atomic mass is 9.54. The van der Waals surface area contributed by atoms with E-state index in [1.807, 2.05) is 12.1 Å². The van der Waals surface area contributed by atoms with Crippen molar-refractivity contribution in [3.05, 3.63) is 29.3 Å². The Balaban J connectivity index is 1.84. The number of carbonyl (C=O) groups is 2. The maximum Gasteiger partial charge on any atom is 0.308 e. The van der Waals surface area contributed by atoms with Gasteiger partial charge in [-0.25, -0.2) is 0 Å². The van der Waals surface area contributed by atoms with Crippen LogP contribution in [-0.2, 0) is 24.0 Å². The number of hydrogen-bond donors (Lipinski definition) is 0. The SMILES string of the molecule is CO/N=C1/C[C@@H]2[C@@H](c3ccc(OC(C)=O)cc31)[C@@H](OC(C)=O)C[C@]1(C)/C(=N\OC)CC[C@@H]21. The molecule has 0 spiro atoms. The van der Waals surface area contributed by atoms with E-state index in [-0.39, 0.29) is 35.3 Å². The number of oxime groups is 2. The standard InChI is InChI=1S/C24H30N2O6/c1-13(27)31-15-6-7-16-17(10-15)20(25-29-4)11-18-19-8-9-22(26-30-5)24(19,3)12-21(23(16)18)32-14(2)28/h6-7,10,18-19,21,23H,8-9,11-12H2,1-5H3/b25-20-,26-22-/t18-,19-,21-,23+,24-/m0/s1. The van der Waals surface area contributed by atoms with E-state index in [4.69, 9.17) is 19.1 Å². The Morgan fingerprint density at radius 1 is 1.09 bits per heavy atom. The van der Waals surface area contributed by atoms with Crippen LogP contribution in [0.3, 0.4) is 0 Å². The fourth-order valence-corrected chi connectivity index (χ4v) is 6.26. The van der Waals surface area contributed by atoms with Crippen LogP contribution in [0.2, 0.25) is 0 Å². The summed E-state index contributed by atoms with van der Waals surface area (Å²) in [7, 11) is 3.10. The highest BCUT2D eigenvalue weighted by atomic mass is 16.6. The van der Waals surface area contributed by atoms with Gasteiger partial charge < -0.3 is 19.1 Å². The summed E-state index contributed by atoms with van der Waals surface area (Å²) in [5.74, 6) is 0.328. The van der Waals surface area contributed by atoms with Crippen LogP contribution in [-0.4, -0.2) is 43.7 Å². The maximum absolute atomic E-state index is 12.1. The Labute approximate surface area is 187 Å². The van der Waals surface area contributed by atoms with Crippen molar-refractivity contribution in [1.29, 1.82) is 0 Å². The molecule has 0 aliphatic heterocycles. The summed E-state index contributed by atoms with van der Waals surface area (Å²) in [6.45, 7) is 5.03. The van der Waals surface area contributed by atoms with Crippen LogP contribution in [0.1, 0.15) is 63.5 Å². The molecule has 1 aromatic carbocycles. The van der Waals surface area contributed by atoms with Crippen molar-refractivity contribution in [2.24, 2.45) is 27.6 Å². The lowest BCUT2D eigenvalue weighted by Gasteiger charge is -2.51. The summed E-state index contributed by atoms with van der Waals surface area (Å²) in [6, 6.07) is 5.59. The Hall–Kier alpha value is -2.90. The van der Waals surface area contributed by atoms with E-state index in [0.717, 1.165) is 35.4 Å². The quantitative estimate of drug-likeness (QED) is 0.400. The largest absolute Gasteiger partial charge is 0.462 e. The number of benzene rings is 1. The first-order chi connectivity index (χ1) is 15.3. The van der Waals surface area contributed by atoms with Crippen LogP contribution in [0.25, 0.3) is 0 Å². The monoisotopic (exact) mass is 442 g/mol. The number of fused-ring (bicyclic) bond motifs is 5. The zero-order valence-corrected chi connectivity index (χ0v) is 19.2. The molecule has 5 atom stereocenters. The van der Waals surface area contributed by atoms with Gasteiger partial charge in [-0.3, -0.25) is 9.59 Å². The van der Waals surface area contributed by atoms with Crippen molar-refractivity contribution < 1.29 is 28.7 Å². The van der Waals surface area contributed by atoms with Crippen molar-refractivity contribution in [3.8, 4) is 5.75 Å². The molecule has 0 unspecified atom stereocenters. The van der Waals surface area contributed by atoms with Gasteiger partial charge in [0.05, 0.1) is 11.4 Å². The van der Waals surface area contributed by atoms with Gasteiger partial charge in [0.25, 0.3) is 0 Å². The van der Waals surface area contributed by atoms with Gasteiger partial charge in [-0.1, -0.05) is 23.3 Å². The fraction of sp³-hybridized carbons (Fsp3) is 0.583. The zero-order valence-electron chi connectivity index (χ0n) is 19.2. The van der Waals surface area contributed by atoms with Gasteiger partial charge in [-0.05, 0) is 55.2 Å². The number of nitrogens with zero attached hydrogens (tertiary/aromatic N) is 2. The van der Waals surface area contributed by atoms with E-state index in [9.17, 15) is 9.59 Å². The highest BCUT2D eigenvalue weighted by Gasteiger charge is 2.59. The third-order valence-corrected chi connectivity index (χ3v) is 7.28. The third-order valence-electron chi connectivity index (χ3n) is 7.28. The molecule has 0 bridgehead atoms. The van der Waals surface area contributed by atoms with E-state index in [0.29, 0.717) is 24.5 Å². The highest BCUT2D eigenvalue weighted by molar-refractivity contribution is 6.04. The minimum atomic E-state index is -0.383. The fourth-order valence-electron chi connectivity index (χ4n) is 6.26. The second-order valence-electron chi connectivity index (χ2n) is 9.09. The summed E-state index contributed by atoms with van der Waals surface area (Å²) in [4.78, 5) is 33.9. The van der Waals surface area contributed by atoms with E-state index >= 15 is 0 Å². The van der Waals surface area contributed by atoms with Crippen molar-refractivity contribution in [2.75, 3.05) is 14.2 Å². The summed E-state index contributed by atoms with van der Waals surface area (Å²) in [5, 5.41) is 8.67. The number of ether oxygens (including phenoxy) is 2. The van der Waals surface area contributed by atoms with E-state index in [1.54, 1.807) is 13.2 Å². The first kappa shape index (κ1) is 22.3. The first-order valence-electron chi connectivity index (χ1n) is 11.0. The third kappa shape index (κ3) is 3.76. The summed E-state index contributed by atoms with van der Waals surface area (Å²) in [6.07, 6.45) is 2.91. The van der Waals surface area contributed by atoms with Gasteiger partial charge >= 0.3 is 11.9 Å². The Morgan fingerprint density at radius 2 is 1.84 bits per heavy atom. The van der Waals surface area contributed by atoms with E-state index < -0.39 is 0 Å². The van der Waals surface area contributed by atoms with Gasteiger partial charge in [0, 0.05) is 30.7 Å². The second-order valence-corrected chi connectivity index (χ2v) is 9.09. The number of carbonyl (C=O) groups excluding carboxylic acids is 2. The molecular formula is C24H30N2O6. The van der Waals surface area contributed by atoms with Crippen molar-refractivity contribution >= 4 is 23.4 Å². The molecule has 0 amide bonds. The van der Waals surface area contributed by atoms with Gasteiger partial charge in [0.2, 0.25) is 0 Å². The molecule has 0 radical (unpaired) electrons. The van der Waals surface area contributed by atoms with Crippen molar-refractivity contribution in [3.63, 3.8) is 0 Å². The molecule has 0 aromatic heterocycles. The molecule has 1 aromatic rings. The molecule has 172 valence electrons. The molecular weight excluding hydrogens is 412 g/mol. The molecule has 8 nitrogen and oxygen atoms in total. The number of rotatable bonds is 4. The van der Waals surface area contributed by atoms with Crippen LogP contribution in [0.15, 0.2) is 28.5 Å². The van der Waals surface area contributed by atoms with Gasteiger partial charge in [-0.15, -0.1) is 0 Å². The van der Waals surface area contributed by atoms with E-state index in [1.165, 1.54) is 21.0 Å². The normalized spacial score (nSPS) is 33.2. The summed E-state index contributed by atoms with van der Waals surface area (Å²) >= 11 is 0. The predicted octanol–water partition coefficient (Wildman–Crippen LogP) is 3.82. The molecule has 32 heavy (non-hydrogen) atoms. The average Bonchev–Trinajstić information content (AvgIpc) is 3.04. The second kappa shape index (κ2) is 8.56. The van der Waals surface area contributed by atoms with Crippen LogP contribution >= 0.6 is 0 Å². The van der Waals surface area contributed by atoms with Gasteiger partial charge in [0.1, 0.15) is 26.1 Å². The predicted molar refractivity (Wildman–Crippen MR) is 118 cm³/mol. The lowest BCUT2D eigenvalue weighted by molar-refractivity contribution is -0.153. The van der Waals surface area contributed by atoms with Crippen LogP contribution in [0, 0.1) is 17.3 Å². The molecule has 3 aliphatic carbocycles. The maximum atomic E-state index is 12.1. The molecule has 3 aliphatic rings. The molecule has 4 rings (SSSR count). The van der Waals surface area contributed by atoms with Gasteiger partial charge in [-0.2, -0.15) is 0 Å². The minimum absolute atomic E-state index is 0.0102. The Morgan fingerprint density at radius 3 is 2.50 bits per heavy atom. The topological polar surface area (TPSA) is 95.8 Å². The highest BCUT2D eigenvalue weighted by Crippen LogP contribution is 2.60. The van der Waals surface area contributed by atoms with E-state index in [2.05, 4.69) is 17.2 Å². The van der Waals surface area contributed by atoms with Gasteiger partial charge in [0.15, 0.2) is 0 Å². The molecule has 0 saturated heterocycles. The number of esters is 2. The molecule has 8 heteroatoms. The van der Waals surface area contributed by atoms with Crippen molar-refractivity contribution in [2.45, 2.75) is 58.5 Å². The Kier molecular flexibility index (Phi) is 5.97. The molecule has 0 heterocycles. The van der Waals surface area contributed by atoms with Crippen LogP contribution in [0.5, 0.6) is 5.75 Å². The smallest absolute Gasteiger partial charge is 0.308 e. The van der Waals surface area contributed by atoms with Crippen molar-refractivity contribution in [1.82, 2.24) is 0 Å². The summed E-state index contributed by atoms with van der Waals surface area (Å²) in [5.41, 5.74) is 3.53. The number of hydrogen-bond acceptors (Lipinski definition) is 8. The molecule has 2 fully saturated rings. The zero-order chi connectivity index (χ0) is 23.0. The summed E-state index contributed by atoms with van der Waals surface area (Å²) < 4.78 is 11.2. The Bertz CT molecular complexity index is 987. The van der Waals surface area contributed by atoms with Crippen LogP contribution in [0.4, 0.5) is 0 Å². The minimum Gasteiger partial charge on any atom is -0.462 e. The van der Waals surface area contributed by atoms with Crippen LogP contribution < -0.4 is 4.74 Å². The lowest BCUT2D eigenvalue weighted by Crippen LogP contribution is -2.51. The molecule has 2 saturated carbocycles. The first-order valence-corrected chi connectivity index (χ1v) is 11.0. The molecule has 0 N–H and O–H groups in total.